The molecule has 0 radical (unpaired) electrons. The van der Waals surface area contributed by atoms with Gasteiger partial charge in [-0.2, -0.15) is 0 Å². The standard InChI is InChI=1S/C13H19N3O2S/c1-8-5-11(12(13(14)19)9(2)15-8)16-3-4-18-7-10(16)6-17/h5,10,17H,3-4,6-7H2,1-2H3,(H2,14,19). The first-order valence-corrected chi connectivity index (χ1v) is 6.68. The van der Waals surface area contributed by atoms with E-state index in [0.717, 1.165) is 22.6 Å². The largest absolute Gasteiger partial charge is 0.394 e. The Hall–Kier alpha value is -1.24. The Morgan fingerprint density at radius 3 is 3.00 bits per heavy atom. The zero-order chi connectivity index (χ0) is 14.0. The number of rotatable bonds is 3. The summed E-state index contributed by atoms with van der Waals surface area (Å²) in [5, 5.41) is 9.49. The summed E-state index contributed by atoms with van der Waals surface area (Å²) in [5.41, 5.74) is 9.30. The van der Waals surface area contributed by atoms with Crippen molar-refractivity contribution in [1.82, 2.24) is 4.98 Å². The van der Waals surface area contributed by atoms with Crippen LogP contribution in [0.4, 0.5) is 5.69 Å². The summed E-state index contributed by atoms with van der Waals surface area (Å²) >= 11 is 5.14. The molecule has 1 fully saturated rings. The molecular formula is C13H19N3O2S. The normalized spacial score (nSPS) is 19.5. The second-order valence-electron chi connectivity index (χ2n) is 4.71. The van der Waals surface area contributed by atoms with Crippen LogP contribution in [0.3, 0.4) is 0 Å². The molecule has 19 heavy (non-hydrogen) atoms. The van der Waals surface area contributed by atoms with Crippen LogP contribution < -0.4 is 10.6 Å². The van der Waals surface area contributed by atoms with Gasteiger partial charge in [0, 0.05) is 17.9 Å². The van der Waals surface area contributed by atoms with E-state index in [-0.39, 0.29) is 12.6 Å². The molecule has 1 aromatic rings. The summed E-state index contributed by atoms with van der Waals surface area (Å²) in [4.78, 5) is 6.86. The highest BCUT2D eigenvalue weighted by Crippen LogP contribution is 2.27. The number of aromatic nitrogens is 1. The maximum Gasteiger partial charge on any atom is 0.107 e. The fraction of sp³-hybridized carbons (Fsp3) is 0.538. The average Bonchev–Trinajstić information content (AvgIpc) is 2.37. The van der Waals surface area contributed by atoms with Crippen molar-refractivity contribution in [2.75, 3.05) is 31.3 Å². The van der Waals surface area contributed by atoms with E-state index in [2.05, 4.69) is 9.88 Å². The van der Waals surface area contributed by atoms with E-state index in [1.165, 1.54) is 0 Å². The second-order valence-corrected chi connectivity index (χ2v) is 5.15. The monoisotopic (exact) mass is 281 g/mol. The number of hydrogen-bond acceptors (Lipinski definition) is 5. The van der Waals surface area contributed by atoms with E-state index in [1.54, 1.807) is 0 Å². The lowest BCUT2D eigenvalue weighted by Crippen LogP contribution is -2.48. The molecule has 1 aliphatic rings. The van der Waals surface area contributed by atoms with Gasteiger partial charge in [0.05, 0.1) is 37.1 Å². The number of anilines is 1. The molecule has 1 unspecified atom stereocenters. The van der Waals surface area contributed by atoms with Gasteiger partial charge in [-0.15, -0.1) is 0 Å². The number of aliphatic hydroxyl groups is 1. The van der Waals surface area contributed by atoms with Crippen LogP contribution in [0.2, 0.25) is 0 Å². The van der Waals surface area contributed by atoms with Crippen molar-refractivity contribution >= 4 is 22.9 Å². The second kappa shape index (κ2) is 5.81. The van der Waals surface area contributed by atoms with Crippen LogP contribution in [0.1, 0.15) is 17.0 Å². The molecule has 1 aliphatic heterocycles. The van der Waals surface area contributed by atoms with Gasteiger partial charge < -0.3 is 20.5 Å². The Bertz CT molecular complexity index is 493. The molecule has 3 N–H and O–H groups in total. The molecule has 5 nitrogen and oxygen atoms in total. The van der Waals surface area contributed by atoms with Crippen molar-refractivity contribution in [2.24, 2.45) is 5.73 Å². The number of pyridine rings is 1. The Morgan fingerprint density at radius 2 is 2.37 bits per heavy atom. The molecule has 2 rings (SSSR count). The number of aryl methyl sites for hydroxylation is 2. The first-order valence-electron chi connectivity index (χ1n) is 6.28. The number of ether oxygens (including phenoxy) is 1. The molecule has 1 aromatic heterocycles. The minimum Gasteiger partial charge on any atom is -0.394 e. The van der Waals surface area contributed by atoms with Crippen molar-refractivity contribution in [3.63, 3.8) is 0 Å². The lowest BCUT2D eigenvalue weighted by Gasteiger charge is -2.37. The molecule has 0 saturated carbocycles. The van der Waals surface area contributed by atoms with Gasteiger partial charge in [0.25, 0.3) is 0 Å². The summed E-state index contributed by atoms with van der Waals surface area (Å²) in [6.07, 6.45) is 0. The molecule has 2 heterocycles. The topological polar surface area (TPSA) is 71.6 Å². The lowest BCUT2D eigenvalue weighted by molar-refractivity contribution is 0.0727. The third-order valence-corrected chi connectivity index (χ3v) is 3.51. The van der Waals surface area contributed by atoms with Gasteiger partial charge in [0.2, 0.25) is 0 Å². The van der Waals surface area contributed by atoms with Crippen LogP contribution in [0.5, 0.6) is 0 Å². The molecule has 1 saturated heterocycles. The Balaban J connectivity index is 2.50. The van der Waals surface area contributed by atoms with E-state index >= 15 is 0 Å². The number of thiocarbonyl (C=S) groups is 1. The van der Waals surface area contributed by atoms with Crippen LogP contribution in [-0.4, -0.2) is 47.5 Å². The Kier molecular flexibility index (Phi) is 4.34. The van der Waals surface area contributed by atoms with Crippen molar-refractivity contribution in [3.05, 3.63) is 23.0 Å². The minimum absolute atomic E-state index is 0.0389. The molecular weight excluding hydrogens is 262 g/mol. The molecule has 1 atom stereocenters. The van der Waals surface area contributed by atoms with Gasteiger partial charge >= 0.3 is 0 Å². The lowest BCUT2D eigenvalue weighted by atomic mass is 10.1. The van der Waals surface area contributed by atoms with E-state index in [1.807, 2.05) is 19.9 Å². The predicted octanol–water partition coefficient (Wildman–Crippen LogP) is 0.530. The third kappa shape index (κ3) is 2.86. The molecule has 104 valence electrons. The summed E-state index contributed by atoms with van der Waals surface area (Å²) in [7, 11) is 0. The van der Waals surface area contributed by atoms with Gasteiger partial charge in [0.1, 0.15) is 4.99 Å². The van der Waals surface area contributed by atoms with Crippen molar-refractivity contribution in [3.8, 4) is 0 Å². The summed E-state index contributed by atoms with van der Waals surface area (Å²) in [6, 6.07) is 1.90. The van der Waals surface area contributed by atoms with Crippen LogP contribution >= 0.6 is 12.2 Å². The molecule has 0 aliphatic carbocycles. The van der Waals surface area contributed by atoms with Crippen molar-refractivity contribution < 1.29 is 9.84 Å². The summed E-state index contributed by atoms with van der Waals surface area (Å²) in [6.45, 7) is 5.73. The Morgan fingerprint density at radius 1 is 1.63 bits per heavy atom. The minimum atomic E-state index is -0.0666. The van der Waals surface area contributed by atoms with Gasteiger partial charge in [-0.1, -0.05) is 12.2 Å². The van der Waals surface area contributed by atoms with Gasteiger partial charge in [-0.05, 0) is 19.9 Å². The number of morpholine rings is 1. The third-order valence-electron chi connectivity index (χ3n) is 3.30. The van der Waals surface area contributed by atoms with Crippen molar-refractivity contribution in [1.29, 1.82) is 0 Å². The zero-order valence-electron chi connectivity index (χ0n) is 11.2. The molecule has 0 aromatic carbocycles. The van der Waals surface area contributed by atoms with E-state index in [9.17, 15) is 5.11 Å². The average molecular weight is 281 g/mol. The fourth-order valence-electron chi connectivity index (χ4n) is 2.46. The van der Waals surface area contributed by atoms with Crippen LogP contribution in [-0.2, 0) is 4.74 Å². The SMILES string of the molecule is Cc1cc(N2CCOCC2CO)c(C(N)=S)c(C)n1. The zero-order valence-corrected chi connectivity index (χ0v) is 12.0. The summed E-state index contributed by atoms with van der Waals surface area (Å²) in [5.74, 6) is 0. The van der Waals surface area contributed by atoms with E-state index in [4.69, 9.17) is 22.7 Å². The quantitative estimate of drug-likeness (QED) is 0.788. The van der Waals surface area contributed by atoms with Crippen LogP contribution in [0.15, 0.2) is 6.07 Å². The number of hydrogen-bond donors (Lipinski definition) is 2. The van der Waals surface area contributed by atoms with Gasteiger partial charge in [-0.25, -0.2) is 0 Å². The number of aliphatic hydroxyl groups excluding tert-OH is 1. The first kappa shape index (κ1) is 14.2. The maximum atomic E-state index is 9.49. The first-order chi connectivity index (χ1) is 9.04. The number of nitrogens with zero attached hydrogens (tertiary/aromatic N) is 2. The maximum absolute atomic E-state index is 9.49. The fourth-order valence-corrected chi connectivity index (χ4v) is 2.71. The molecule has 0 amide bonds. The molecule has 0 bridgehead atoms. The van der Waals surface area contributed by atoms with E-state index in [0.29, 0.717) is 24.7 Å². The highest BCUT2D eigenvalue weighted by atomic mass is 32.1. The molecule has 6 heteroatoms. The Labute approximate surface area is 118 Å². The van der Waals surface area contributed by atoms with Gasteiger partial charge in [0.15, 0.2) is 0 Å². The highest BCUT2D eigenvalue weighted by Gasteiger charge is 2.26. The van der Waals surface area contributed by atoms with Crippen LogP contribution in [0, 0.1) is 13.8 Å². The molecule has 0 spiro atoms. The highest BCUT2D eigenvalue weighted by molar-refractivity contribution is 7.80. The predicted molar refractivity (Wildman–Crippen MR) is 78.6 cm³/mol. The number of nitrogens with two attached hydrogens (primary N) is 1. The summed E-state index contributed by atoms with van der Waals surface area (Å²) < 4.78 is 5.40. The smallest absolute Gasteiger partial charge is 0.107 e. The van der Waals surface area contributed by atoms with Crippen molar-refractivity contribution in [2.45, 2.75) is 19.9 Å². The van der Waals surface area contributed by atoms with Crippen LogP contribution in [0.25, 0.3) is 0 Å². The van der Waals surface area contributed by atoms with E-state index < -0.39 is 0 Å². The van der Waals surface area contributed by atoms with Gasteiger partial charge in [-0.3, -0.25) is 4.98 Å².